The molecule has 0 N–H and O–H groups in total. The highest BCUT2D eigenvalue weighted by molar-refractivity contribution is 6.21. The minimum absolute atomic E-state index is 0.840. The van der Waals surface area contributed by atoms with Gasteiger partial charge in [0.25, 0.3) is 0 Å². The lowest BCUT2D eigenvalue weighted by molar-refractivity contribution is 0.653. The third-order valence-electron chi connectivity index (χ3n) is 3.88. The van der Waals surface area contributed by atoms with Crippen molar-refractivity contribution in [1.82, 2.24) is 0 Å². The Morgan fingerprint density at radius 1 is 0.550 bits per heavy atom. The molecule has 5 aromatic rings. The molecule has 2 heterocycles. The summed E-state index contributed by atoms with van der Waals surface area (Å²) in [6.45, 7) is 0. The molecule has 0 aliphatic rings. The summed E-state index contributed by atoms with van der Waals surface area (Å²) in [5, 5.41) is 4.46. The zero-order valence-electron chi connectivity index (χ0n) is 10.6. The van der Waals surface area contributed by atoms with Crippen LogP contribution in [0.15, 0.2) is 69.5 Å². The summed E-state index contributed by atoms with van der Waals surface area (Å²) in [5.41, 5.74) is 3.43. The number of hydrogen-bond donors (Lipinski definition) is 0. The first kappa shape index (κ1) is 10.1. The first-order valence-corrected chi connectivity index (χ1v) is 6.63. The van der Waals surface area contributed by atoms with E-state index >= 15 is 0 Å². The molecule has 0 atom stereocenters. The predicted octanol–water partition coefficient (Wildman–Crippen LogP) is 5.49. The Kier molecular flexibility index (Phi) is 1.73. The summed E-state index contributed by atoms with van der Waals surface area (Å²) in [6.07, 6.45) is 0. The fraction of sp³-hybridized carbons (Fsp3) is 0. The average molecular weight is 258 g/mol. The van der Waals surface area contributed by atoms with Gasteiger partial charge in [0.15, 0.2) is 11.2 Å². The van der Waals surface area contributed by atoms with E-state index < -0.39 is 0 Å². The molecule has 0 aliphatic carbocycles. The van der Waals surface area contributed by atoms with Crippen LogP contribution in [-0.2, 0) is 0 Å². The van der Waals surface area contributed by atoms with Crippen molar-refractivity contribution < 1.29 is 8.83 Å². The van der Waals surface area contributed by atoms with E-state index in [1.807, 2.05) is 42.5 Å². The monoisotopic (exact) mass is 258 g/mol. The van der Waals surface area contributed by atoms with Gasteiger partial charge in [0.1, 0.15) is 11.2 Å². The van der Waals surface area contributed by atoms with Crippen molar-refractivity contribution in [3.8, 4) is 0 Å². The Bertz CT molecular complexity index is 1100. The van der Waals surface area contributed by atoms with Gasteiger partial charge in [0, 0.05) is 0 Å². The van der Waals surface area contributed by atoms with Crippen molar-refractivity contribution in [3.63, 3.8) is 0 Å². The molecule has 5 rings (SSSR count). The van der Waals surface area contributed by atoms with E-state index in [0.29, 0.717) is 0 Å². The van der Waals surface area contributed by atoms with Crippen LogP contribution in [0.3, 0.4) is 0 Å². The standard InChI is InChI=1S/C18H10O2/c1-2-6-12-11(5-1)9-10-15-16(12)18-17(20-15)13-7-3-4-8-14(13)19-18/h1-10H. The molecule has 0 aliphatic heterocycles. The summed E-state index contributed by atoms with van der Waals surface area (Å²) >= 11 is 0. The first-order chi connectivity index (χ1) is 9.92. The van der Waals surface area contributed by atoms with Crippen LogP contribution in [0.4, 0.5) is 0 Å². The topological polar surface area (TPSA) is 26.3 Å². The number of benzene rings is 3. The molecule has 0 saturated carbocycles. The zero-order chi connectivity index (χ0) is 13.1. The lowest BCUT2D eigenvalue weighted by atomic mass is 10.1. The van der Waals surface area contributed by atoms with E-state index in [4.69, 9.17) is 8.83 Å². The number of furan rings is 2. The smallest absolute Gasteiger partial charge is 0.182 e. The molecule has 2 aromatic heterocycles. The van der Waals surface area contributed by atoms with E-state index in [-0.39, 0.29) is 0 Å². The van der Waals surface area contributed by atoms with Gasteiger partial charge in [0.2, 0.25) is 0 Å². The summed E-state index contributed by atoms with van der Waals surface area (Å²) in [7, 11) is 0. The Morgan fingerprint density at radius 3 is 2.25 bits per heavy atom. The van der Waals surface area contributed by atoms with E-state index in [0.717, 1.165) is 33.1 Å². The van der Waals surface area contributed by atoms with Crippen LogP contribution >= 0.6 is 0 Å². The molecule has 0 amide bonds. The molecule has 0 fully saturated rings. The summed E-state index contributed by atoms with van der Waals surface area (Å²) in [5.74, 6) is 0. The van der Waals surface area contributed by atoms with Gasteiger partial charge >= 0.3 is 0 Å². The predicted molar refractivity (Wildman–Crippen MR) is 81.0 cm³/mol. The molecule has 20 heavy (non-hydrogen) atoms. The highest BCUT2D eigenvalue weighted by Gasteiger charge is 2.16. The summed E-state index contributed by atoms with van der Waals surface area (Å²) in [6, 6.07) is 20.4. The van der Waals surface area contributed by atoms with E-state index in [2.05, 4.69) is 18.2 Å². The Balaban J connectivity index is 2.13. The van der Waals surface area contributed by atoms with Gasteiger partial charge < -0.3 is 8.83 Å². The van der Waals surface area contributed by atoms with Gasteiger partial charge in [0.05, 0.1) is 10.8 Å². The van der Waals surface area contributed by atoms with Crippen LogP contribution in [0.25, 0.3) is 43.9 Å². The van der Waals surface area contributed by atoms with Gasteiger partial charge in [-0.15, -0.1) is 0 Å². The molecule has 0 bridgehead atoms. The van der Waals surface area contributed by atoms with Crippen molar-refractivity contribution in [2.75, 3.05) is 0 Å². The summed E-state index contributed by atoms with van der Waals surface area (Å²) in [4.78, 5) is 0. The van der Waals surface area contributed by atoms with Gasteiger partial charge in [-0.25, -0.2) is 0 Å². The second-order valence-electron chi connectivity index (χ2n) is 5.02. The van der Waals surface area contributed by atoms with Crippen molar-refractivity contribution >= 4 is 43.9 Å². The second-order valence-corrected chi connectivity index (χ2v) is 5.02. The quantitative estimate of drug-likeness (QED) is 0.367. The van der Waals surface area contributed by atoms with E-state index in [1.54, 1.807) is 0 Å². The number of hydrogen-bond acceptors (Lipinski definition) is 2. The van der Waals surface area contributed by atoms with Crippen LogP contribution in [-0.4, -0.2) is 0 Å². The maximum absolute atomic E-state index is 6.02. The van der Waals surface area contributed by atoms with Gasteiger partial charge in [-0.3, -0.25) is 0 Å². The van der Waals surface area contributed by atoms with Crippen LogP contribution in [0, 0.1) is 0 Å². The van der Waals surface area contributed by atoms with Crippen LogP contribution in [0.2, 0.25) is 0 Å². The summed E-state index contributed by atoms with van der Waals surface area (Å²) < 4.78 is 12.0. The third-order valence-corrected chi connectivity index (χ3v) is 3.88. The molecule has 2 nitrogen and oxygen atoms in total. The minimum atomic E-state index is 0.840. The fourth-order valence-electron chi connectivity index (χ4n) is 2.97. The van der Waals surface area contributed by atoms with Crippen LogP contribution in [0.1, 0.15) is 0 Å². The molecular weight excluding hydrogens is 248 g/mol. The van der Waals surface area contributed by atoms with Crippen molar-refractivity contribution in [2.24, 2.45) is 0 Å². The van der Waals surface area contributed by atoms with Crippen LogP contribution < -0.4 is 0 Å². The number of para-hydroxylation sites is 1. The Hall–Kier alpha value is -2.74. The van der Waals surface area contributed by atoms with E-state index in [1.165, 1.54) is 10.8 Å². The lowest BCUT2D eigenvalue weighted by Gasteiger charge is -1.97. The van der Waals surface area contributed by atoms with Crippen molar-refractivity contribution in [3.05, 3.63) is 60.7 Å². The normalized spacial score (nSPS) is 12.0. The SMILES string of the molecule is c1ccc2c(c1)ccc1oc3c4ccccc4oc3c12. The zero-order valence-corrected chi connectivity index (χ0v) is 10.6. The molecule has 0 spiro atoms. The number of fused-ring (bicyclic) bond motifs is 7. The average Bonchev–Trinajstić information content (AvgIpc) is 3.03. The third kappa shape index (κ3) is 1.14. The molecule has 94 valence electrons. The molecule has 0 saturated heterocycles. The molecular formula is C18H10O2. The maximum atomic E-state index is 6.02. The van der Waals surface area contributed by atoms with Gasteiger partial charge in [-0.05, 0) is 29.0 Å². The first-order valence-electron chi connectivity index (χ1n) is 6.63. The number of rotatable bonds is 0. The Labute approximate surface area is 114 Å². The lowest BCUT2D eigenvalue weighted by Crippen LogP contribution is -1.72. The highest BCUT2D eigenvalue weighted by atomic mass is 16.4. The van der Waals surface area contributed by atoms with Crippen LogP contribution in [0.5, 0.6) is 0 Å². The van der Waals surface area contributed by atoms with Gasteiger partial charge in [-0.1, -0.05) is 42.5 Å². The Morgan fingerprint density at radius 2 is 1.30 bits per heavy atom. The highest BCUT2D eigenvalue weighted by Crippen LogP contribution is 2.39. The molecule has 2 heteroatoms. The molecule has 0 unspecified atom stereocenters. The molecule has 3 aromatic carbocycles. The largest absolute Gasteiger partial charge is 0.452 e. The van der Waals surface area contributed by atoms with Crippen molar-refractivity contribution in [2.45, 2.75) is 0 Å². The van der Waals surface area contributed by atoms with Gasteiger partial charge in [-0.2, -0.15) is 0 Å². The fourth-order valence-corrected chi connectivity index (χ4v) is 2.97. The maximum Gasteiger partial charge on any atom is 0.182 e. The second kappa shape index (κ2) is 3.42. The molecule has 0 radical (unpaired) electrons. The van der Waals surface area contributed by atoms with Crippen molar-refractivity contribution in [1.29, 1.82) is 0 Å². The van der Waals surface area contributed by atoms with E-state index in [9.17, 15) is 0 Å². The minimum Gasteiger partial charge on any atom is -0.452 e.